The molecule has 15 heteroatoms. The molecule has 0 aliphatic rings. The fourth-order valence-corrected chi connectivity index (χ4v) is 4.64. The number of nitrogens with two attached hydrogens (primary N) is 1. The number of ketones is 1. The average Bonchev–Trinajstić information content (AvgIpc) is 2.91. The molecule has 0 heterocycles. The summed E-state index contributed by atoms with van der Waals surface area (Å²) in [6.45, 7) is 3.65. The van der Waals surface area contributed by atoms with Crippen molar-refractivity contribution in [3.05, 3.63) is 29.3 Å². The number of esters is 2. The molecule has 1 rings (SSSR count). The highest BCUT2D eigenvalue weighted by atomic mass is 32.2. The van der Waals surface area contributed by atoms with Gasteiger partial charge in [0.05, 0.1) is 38.2 Å². The first-order valence-corrected chi connectivity index (χ1v) is 14.3. The van der Waals surface area contributed by atoms with Crippen LogP contribution in [0.25, 0.3) is 0 Å². The number of hydrogen-bond donors (Lipinski definition) is 2. The van der Waals surface area contributed by atoms with Crippen LogP contribution in [0.5, 0.6) is 0 Å². The Hall–Kier alpha value is -2.77. The number of unbranched alkanes of at least 4 members (excludes halogenated alkanes) is 1. The van der Waals surface area contributed by atoms with Gasteiger partial charge in [-0.05, 0) is 44.9 Å². The van der Waals surface area contributed by atoms with Gasteiger partial charge in [0.2, 0.25) is 0 Å². The first kappa shape index (κ1) is 34.3. The summed E-state index contributed by atoms with van der Waals surface area (Å²) in [5.41, 5.74) is 4.49. The number of hydrogen-bond acceptors (Lipinski definition) is 13. The molecule has 0 fully saturated rings. The number of amides is 1. The maximum atomic E-state index is 12.8. The van der Waals surface area contributed by atoms with Crippen molar-refractivity contribution in [3.8, 4) is 0 Å². The quantitative estimate of drug-likeness (QED) is 0.0887. The summed E-state index contributed by atoms with van der Waals surface area (Å²) >= 11 is 0.728. The van der Waals surface area contributed by atoms with Gasteiger partial charge >= 0.3 is 19.8 Å². The highest BCUT2D eigenvalue weighted by molar-refractivity contribution is 8.14. The Morgan fingerprint density at radius 3 is 2.36 bits per heavy atom. The summed E-state index contributed by atoms with van der Waals surface area (Å²) in [4.78, 5) is 60.3. The lowest BCUT2D eigenvalue weighted by Crippen LogP contribution is -2.43. The SMILES string of the molecule is CCOC(=O)C(C)(COP(=O)(OC)OCCCCNC(=O)c1ccc(C(=O)OC)c(N)c1)C(=O)CSC(C)=O. The summed E-state index contributed by atoms with van der Waals surface area (Å²) in [7, 11) is -1.83. The Morgan fingerprint density at radius 2 is 1.79 bits per heavy atom. The maximum Gasteiger partial charge on any atom is 0.474 e. The van der Waals surface area contributed by atoms with Crippen LogP contribution in [-0.4, -0.2) is 75.1 Å². The van der Waals surface area contributed by atoms with Gasteiger partial charge in [-0.3, -0.25) is 32.7 Å². The maximum absolute atomic E-state index is 12.8. The molecule has 1 aromatic rings. The average molecular weight is 591 g/mol. The van der Waals surface area contributed by atoms with Crippen molar-refractivity contribution in [1.29, 1.82) is 0 Å². The molecule has 0 saturated heterocycles. The van der Waals surface area contributed by atoms with Gasteiger partial charge in [0.15, 0.2) is 10.9 Å². The number of ether oxygens (including phenoxy) is 2. The summed E-state index contributed by atoms with van der Waals surface area (Å²) < 4.78 is 37.8. The zero-order chi connectivity index (χ0) is 29.6. The van der Waals surface area contributed by atoms with Crippen LogP contribution in [0.4, 0.5) is 5.69 Å². The van der Waals surface area contributed by atoms with Gasteiger partial charge in [0, 0.05) is 31.8 Å². The number of Topliss-reactive ketones (excluding diaryl/α,β-unsaturated/α-hetero) is 1. The molecule has 1 aromatic carbocycles. The van der Waals surface area contributed by atoms with E-state index in [4.69, 9.17) is 24.0 Å². The number of rotatable bonds is 17. The zero-order valence-corrected chi connectivity index (χ0v) is 24.3. The third-order valence-corrected chi connectivity index (χ3v) is 7.51. The Kier molecular flexibility index (Phi) is 14.4. The van der Waals surface area contributed by atoms with E-state index in [0.717, 1.165) is 18.9 Å². The molecule has 3 N–H and O–H groups in total. The van der Waals surface area contributed by atoms with E-state index in [2.05, 4.69) is 10.1 Å². The predicted octanol–water partition coefficient (Wildman–Crippen LogP) is 2.77. The number of nitrogens with one attached hydrogen (secondary N) is 1. The highest BCUT2D eigenvalue weighted by Crippen LogP contribution is 2.50. The fourth-order valence-electron chi connectivity index (χ4n) is 2.93. The molecule has 2 atom stereocenters. The summed E-state index contributed by atoms with van der Waals surface area (Å²) in [5, 5.41) is 2.38. The molecule has 2 unspecified atom stereocenters. The number of phosphoric ester groups is 1. The van der Waals surface area contributed by atoms with Crippen molar-refractivity contribution in [2.75, 3.05) is 52.1 Å². The van der Waals surface area contributed by atoms with Crippen LogP contribution < -0.4 is 11.1 Å². The standard InChI is InChI=1S/C24H35N2O11PS/c1-6-35-23(31)24(3,20(28)14-39-16(2)27)15-37-38(32,34-5)36-12-8-7-11-26-21(29)17-9-10-18(19(25)13-17)22(30)33-4/h9-10,13H,6-8,11-12,14-15,25H2,1-5H3,(H,26,29). The van der Waals surface area contributed by atoms with E-state index < -0.39 is 43.5 Å². The van der Waals surface area contributed by atoms with Crippen molar-refractivity contribution in [3.63, 3.8) is 0 Å². The number of carbonyl (C=O) groups is 5. The lowest BCUT2D eigenvalue weighted by Gasteiger charge is -2.27. The van der Waals surface area contributed by atoms with Gasteiger partial charge in [0.1, 0.15) is 5.41 Å². The van der Waals surface area contributed by atoms with Crippen LogP contribution in [0, 0.1) is 5.41 Å². The molecule has 218 valence electrons. The molecule has 13 nitrogen and oxygen atoms in total. The molecule has 39 heavy (non-hydrogen) atoms. The smallest absolute Gasteiger partial charge is 0.465 e. The third-order valence-electron chi connectivity index (χ3n) is 5.31. The lowest BCUT2D eigenvalue weighted by atomic mass is 9.87. The number of benzene rings is 1. The van der Waals surface area contributed by atoms with Crippen molar-refractivity contribution < 1.29 is 51.6 Å². The first-order chi connectivity index (χ1) is 18.3. The van der Waals surface area contributed by atoms with Gasteiger partial charge in [0.25, 0.3) is 5.91 Å². The van der Waals surface area contributed by atoms with Gasteiger partial charge in [-0.25, -0.2) is 9.36 Å². The largest absolute Gasteiger partial charge is 0.474 e. The second-order valence-electron chi connectivity index (χ2n) is 8.25. The number of thioether (sulfide) groups is 1. The van der Waals surface area contributed by atoms with Crippen molar-refractivity contribution in [2.24, 2.45) is 5.41 Å². The van der Waals surface area contributed by atoms with Crippen LogP contribution in [0.1, 0.15) is 54.3 Å². The number of methoxy groups -OCH3 is 1. The minimum absolute atomic E-state index is 0.00270. The van der Waals surface area contributed by atoms with Gasteiger partial charge in [-0.1, -0.05) is 11.8 Å². The fraction of sp³-hybridized carbons (Fsp3) is 0.542. The second kappa shape index (κ2) is 16.4. The number of phosphoric acid groups is 1. The minimum atomic E-state index is -4.14. The molecular formula is C24H35N2O11PS. The highest BCUT2D eigenvalue weighted by Gasteiger charge is 2.45. The molecule has 0 aliphatic heterocycles. The molecule has 0 aromatic heterocycles. The molecule has 0 saturated carbocycles. The monoisotopic (exact) mass is 590 g/mol. The van der Waals surface area contributed by atoms with Crippen LogP contribution in [0.2, 0.25) is 0 Å². The molecule has 0 radical (unpaired) electrons. The summed E-state index contributed by atoms with van der Waals surface area (Å²) in [5.74, 6) is -2.84. The van der Waals surface area contributed by atoms with E-state index in [1.165, 1.54) is 39.2 Å². The number of carbonyl (C=O) groups excluding carboxylic acids is 5. The van der Waals surface area contributed by atoms with E-state index in [1.54, 1.807) is 6.92 Å². The molecule has 1 amide bonds. The first-order valence-electron chi connectivity index (χ1n) is 11.9. The lowest BCUT2D eigenvalue weighted by molar-refractivity contribution is -0.160. The normalized spacial score (nSPS) is 14.0. The third kappa shape index (κ3) is 10.7. The Labute approximate surface area is 231 Å². The molecular weight excluding hydrogens is 555 g/mol. The minimum Gasteiger partial charge on any atom is -0.465 e. The van der Waals surface area contributed by atoms with Gasteiger partial charge in [-0.15, -0.1) is 0 Å². The van der Waals surface area contributed by atoms with E-state index in [9.17, 15) is 28.5 Å². The van der Waals surface area contributed by atoms with E-state index in [-0.39, 0.29) is 47.4 Å². The summed E-state index contributed by atoms with van der Waals surface area (Å²) in [6, 6.07) is 4.21. The van der Waals surface area contributed by atoms with Crippen molar-refractivity contribution >= 4 is 54.0 Å². The van der Waals surface area contributed by atoms with E-state index in [1.807, 2.05) is 0 Å². The van der Waals surface area contributed by atoms with E-state index in [0.29, 0.717) is 12.8 Å². The Balaban J connectivity index is 2.60. The Bertz CT molecular complexity index is 1100. The Morgan fingerprint density at radius 1 is 1.10 bits per heavy atom. The number of nitrogen functional groups attached to an aromatic ring is 1. The second-order valence-corrected chi connectivity index (χ2v) is 11.2. The van der Waals surface area contributed by atoms with E-state index >= 15 is 0 Å². The number of anilines is 1. The van der Waals surface area contributed by atoms with Gasteiger partial charge in [-0.2, -0.15) is 0 Å². The summed E-state index contributed by atoms with van der Waals surface area (Å²) in [6.07, 6.45) is 0.788. The van der Waals surface area contributed by atoms with Crippen molar-refractivity contribution in [1.82, 2.24) is 5.32 Å². The predicted molar refractivity (Wildman–Crippen MR) is 143 cm³/mol. The van der Waals surface area contributed by atoms with Gasteiger partial charge < -0.3 is 20.5 Å². The van der Waals surface area contributed by atoms with Crippen LogP contribution in [0.3, 0.4) is 0 Å². The van der Waals surface area contributed by atoms with Crippen molar-refractivity contribution in [2.45, 2.75) is 33.6 Å². The van der Waals surface area contributed by atoms with Crippen LogP contribution >= 0.6 is 19.6 Å². The molecule has 0 aliphatic carbocycles. The topological polar surface area (TPSA) is 187 Å². The zero-order valence-electron chi connectivity index (χ0n) is 22.6. The van der Waals surface area contributed by atoms with Crippen LogP contribution in [-0.2, 0) is 42.0 Å². The molecule has 0 spiro atoms. The molecule has 0 bridgehead atoms. The van der Waals surface area contributed by atoms with Crippen LogP contribution in [0.15, 0.2) is 18.2 Å².